The lowest BCUT2D eigenvalue weighted by molar-refractivity contribution is -0.121. The summed E-state index contributed by atoms with van der Waals surface area (Å²) in [7, 11) is 0. The van der Waals surface area contributed by atoms with Crippen LogP contribution in [0.3, 0.4) is 0 Å². The number of anilines is 2. The molecular weight excluding hydrogens is 512 g/mol. The number of carbonyl (C=O) groups excluding carboxylic acids is 3. The first-order valence-corrected chi connectivity index (χ1v) is 13.6. The highest BCUT2D eigenvalue weighted by Crippen LogP contribution is 2.39. The zero-order chi connectivity index (χ0) is 26.8. The Labute approximate surface area is 222 Å². The Morgan fingerprint density at radius 2 is 1.84 bits per heavy atom. The van der Waals surface area contributed by atoms with Gasteiger partial charge in [0.15, 0.2) is 0 Å². The zero-order valence-corrected chi connectivity index (χ0v) is 21.5. The van der Waals surface area contributed by atoms with Crippen LogP contribution < -0.4 is 16.0 Å². The van der Waals surface area contributed by atoms with Crippen LogP contribution in [0.2, 0.25) is 0 Å². The number of nitrogens with zero attached hydrogens (tertiary/aromatic N) is 2. The molecule has 8 nitrogen and oxygen atoms in total. The van der Waals surface area contributed by atoms with Gasteiger partial charge in [-0.25, -0.2) is 13.8 Å². The van der Waals surface area contributed by atoms with Gasteiger partial charge in [-0.05, 0) is 62.1 Å². The molecule has 0 unspecified atom stereocenters. The summed E-state index contributed by atoms with van der Waals surface area (Å²) >= 11 is 0.738. The molecule has 200 valence electrons. The van der Waals surface area contributed by atoms with Crippen molar-refractivity contribution >= 4 is 51.7 Å². The summed E-state index contributed by atoms with van der Waals surface area (Å²) in [5.41, 5.74) is 1.97. The summed E-state index contributed by atoms with van der Waals surface area (Å²) < 4.78 is 28.0. The third-order valence-electron chi connectivity index (χ3n) is 7.23. The Morgan fingerprint density at radius 1 is 1.08 bits per heavy atom. The van der Waals surface area contributed by atoms with E-state index in [2.05, 4.69) is 27.5 Å². The van der Waals surface area contributed by atoms with Gasteiger partial charge in [-0.3, -0.25) is 19.7 Å². The van der Waals surface area contributed by atoms with E-state index in [-0.39, 0.29) is 45.5 Å². The second-order valence-electron chi connectivity index (χ2n) is 9.82. The number of hydrogen-bond acceptors (Lipinski definition) is 5. The summed E-state index contributed by atoms with van der Waals surface area (Å²) in [6.07, 6.45) is 4.89. The predicted molar refractivity (Wildman–Crippen MR) is 143 cm³/mol. The Bertz CT molecular complexity index is 1370. The fourth-order valence-corrected chi connectivity index (χ4v) is 5.93. The first kappa shape index (κ1) is 26.0. The summed E-state index contributed by atoms with van der Waals surface area (Å²) in [6, 6.07) is 7.98. The third kappa shape index (κ3) is 5.47. The standard InChI is InChI=1S/C27H29F2N5O3S/c1-2-23(35)30-17-12-18(13-17)34-20-9-8-16(31-25(36)15-6-4-3-5-7-15)14-19(20)32-27(34)33-26(37)22-11-10-21(38-22)24(28)29/h2,8-11,14-15,17-18,24H,1,3-7,12-13H2,(H,30,35)(H,31,36)(H,32,33,37)/t17-,18+. The van der Waals surface area contributed by atoms with Gasteiger partial charge in [0.2, 0.25) is 17.8 Å². The van der Waals surface area contributed by atoms with E-state index in [0.29, 0.717) is 24.0 Å². The number of benzene rings is 1. The monoisotopic (exact) mass is 541 g/mol. The molecule has 0 radical (unpaired) electrons. The summed E-state index contributed by atoms with van der Waals surface area (Å²) in [4.78, 5) is 42.0. The van der Waals surface area contributed by atoms with Gasteiger partial charge >= 0.3 is 0 Å². The highest BCUT2D eigenvalue weighted by atomic mass is 32.1. The van der Waals surface area contributed by atoms with Crippen molar-refractivity contribution in [3.8, 4) is 0 Å². The van der Waals surface area contributed by atoms with Crippen molar-refractivity contribution in [1.29, 1.82) is 0 Å². The fraction of sp³-hybridized carbons (Fsp3) is 0.407. The molecule has 2 heterocycles. The van der Waals surface area contributed by atoms with E-state index in [1.165, 1.54) is 18.2 Å². The van der Waals surface area contributed by atoms with E-state index in [0.717, 1.165) is 49.0 Å². The molecule has 0 spiro atoms. The maximum absolute atomic E-state index is 13.0. The lowest BCUT2D eigenvalue weighted by atomic mass is 9.86. The molecule has 2 aliphatic carbocycles. The van der Waals surface area contributed by atoms with Gasteiger partial charge in [0, 0.05) is 23.7 Å². The van der Waals surface area contributed by atoms with Crippen LogP contribution in [-0.2, 0) is 9.59 Å². The van der Waals surface area contributed by atoms with Crippen LogP contribution in [0.4, 0.5) is 20.4 Å². The van der Waals surface area contributed by atoms with Crippen molar-refractivity contribution in [2.45, 2.75) is 63.5 Å². The Hall–Kier alpha value is -3.60. The lowest BCUT2D eigenvalue weighted by Gasteiger charge is -2.37. The molecule has 38 heavy (non-hydrogen) atoms. The van der Waals surface area contributed by atoms with Crippen molar-refractivity contribution in [2.75, 3.05) is 10.6 Å². The highest BCUT2D eigenvalue weighted by molar-refractivity contribution is 7.14. The normalized spacial score (nSPS) is 19.7. The van der Waals surface area contributed by atoms with Crippen LogP contribution in [0, 0.1) is 5.92 Å². The van der Waals surface area contributed by atoms with E-state index in [1.807, 2.05) is 16.7 Å². The molecule has 3 aromatic rings. The van der Waals surface area contributed by atoms with E-state index in [1.54, 1.807) is 6.07 Å². The number of thiophene rings is 1. The van der Waals surface area contributed by atoms with Crippen molar-refractivity contribution in [1.82, 2.24) is 14.9 Å². The van der Waals surface area contributed by atoms with Gasteiger partial charge in [0.25, 0.3) is 12.3 Å². The van der Waals surface area contributed by atoms with Gasteiger partial charge in [-0.2, -0.15) is 0 Å². The van der Waals surface area contributed by atoms with Crippen LogP contribution >= 0.6 is 11.3 Å². The van der Waals surface area contributed by atoms with E-state index in [4.69, 9.17) is 0 Å². The molecule has 11 heteroatoms. The molecule has 1 aromatic carbocycles. The number of aromatic nitrogens is 2. The molecular formula is C27H29F2N5O3S. The number of nitrogens with one attached hydrogen (secondary N) is 3. The SMILES string of the molecule is C=CC(=O)N[C@H]1C[C@@H](n2c(NC(=O)c3ccc(C(F)F)s3)nc3cc(NC(=O)C4CCCCC4)ccc32)C1. The first-order chi connectivity index (χ1) is 18.3. The number of rotatable bonds is 8. The molecule has 5 rings (SSSR count). The number of imidazole rings is 1. The highest BCUT2D eigenvalue weighted by Gasteiger charge is 2.34. The summed E-state index contributed by atoms with van der Waals surface area (Å²) in [5.74, 6) is -0.479. The van der Waals surface area contributed by atoms with Gasteiger partial charge in [-0.15, -0.1) is 11.3 Å². The van der Waals surface area contributed by atoms with Crippen molar-refractivity contribution in [3.05, 3.63) is 52.7 Å². The lowest BCUT2D eigenvalue weighted by Crippen LogP contribution is -2.44. The number of fused-ring (bicyclic) bond motifs is 1. The second-order valence-corrected chi connectivity index (χ2v) is 10.9. The zero-order valence-electron chi connectivity index (χ0n) is 20.7. The number of hydrogen-bond donors (Lipinski definition) is 3. The van der Waals surface area contributed by atoms with E-state index < -0.39 is 12.3 Å². The molecule has 0 atom stereocenters. The van der Waals surface area contributed by atoms with Crippen LogP contribution in [0.25, 0.3) is 11.0 Å². The van der Waals surface area contributed by atoms with Gasteiger partial charge < -0.3 is 15.2 Å². The first-order valence-electron chi connectivity index (χ1n) is 12.8. The number of alkyl halides is 2. The van der Waals surface area contributed by atoms with Gasteiger partial charge in [0.1, 0.15) is 0 Å². The molecule has 0 bridgehead atoms. The topological polar surface area (TPSA) is 105 Å². The van der Waals surface area contributed by atoms with Gasteiger partial charge in [0.05, 0.1) is 20.8 Å². The number of amides is 3. The number of carbonyl (C=O) groups is 3. The molecule has 2 aliphatic rings. The molecule has 2 aromatic heterocycles. The fourth-order valence-electron chi connectivity index (χ4n) is 5.18. The number of halogens is 2. The summed E-state index contributed by atoms with van der Waals surface area (Å²) in [6.45, 7) is 3.48. The predicted octanol–water partition coefficient (Wildman–Crippen LogP) is 5.81. The van der Waals surface area contributed by atoms with Crippen LogP contribution in [0.1, 0.15) is 72.0 Å². The minimum Gasteiger partial charge on any atom is -0.350 e. The van der Waals surface area contributed by atoms with Crippen LogP contribution in [-0.4, -0.2) is 33.3 Å². The summed E-state index contributed by atoms with van der Waals surface area (Å²) in [5, 5.41) is 8.66. The molecule has 2 saturated carbocycles. The largest absolute Gasteiger partial charge is 0.350 e. The van der Waals surface area contributed by atoms with Crippen molar-refractivity contribution < 1.29 is 23.2 Å². The Kier molecular flexibility index (Phi) is 7.55. The van der Waals surface area contributed by atoms with Crippen LogP contribution in [0.15, 0.2) is 43.0 Å². The molecule has 0 saturated heterocycles. The quantitative estimate of drug-likeness (QED) is 0.313. The minimum atomic E-state index is -2.65. The Morgan fingerprint density at radius 3 is 2.53 bits per heavy atom. The maximum Gasteiger partial charge on any atom is 0.272 e. The second kappa shape index (κ2) is 11.0. The van der Waals surface area contributed by atoms with E-state index >= 15 is 0 Å². The molecule has 3 amide bonds. The average Bonchev–Trinajstić information content (AvgIpc) is 3.51. The molecule has 0 aliphatic heterocycles. The van der Waals surface area contributed by atoms with Crippen molar-refractivity contribution in [3.63, 3.8) is 0 Å². The minimum absolute atomic E-state index is 0.00401. The van der Waals surface area contributed by atoms with E-state index in [9.17, 15) is 23.2 Å². The average molecular weight is 542 g/mol. The smallest absolute Gasteiger partial charge is 0.272 e. The van der Waals surface area contributed by atoms with Gasteiger partial charge in [-0.1, -0.05) is 25.8 Å². The van der Waals surface area contributed by atoms with Crippen LogP contribution in [0.5, 0.6) is 0 Å². The molecule has 2 fully saturated rings. The maximum atomic E-state index is 13.0. The van der Waals surface area contributed by atoms with Crippen molar-refractivity contribution in [2.24, 2.45) is 5.92 Å². The molecule has 3 N–H and O–H groups in total. The third-order valence-corrected chi connectivity index (χ3v) is 8.33. The Balaban J connectivity index is 1.40.